The maximum absolute atomic E-state index is 11.7. The molecule has 1 saturated carbocycles. The maximum Gasteiger partial charge on any atom is 0.234 e. The number of nitrogens with one attached hydrogen (secondary N) is 2. The average molecular weight is 277 g/mol. The van der Waals surface area contributed by atoms with Crippen LogP contribution in [0.15, 0.2) is 0 Å². The first kappa shape index (κ1) is 15.7. The summed E-state index contributed by atoms with van der Waals surface area (Å²) in [4.78, 5) is 11.7. The number of hydrogen-bond donors (Lipinski definition) is 2. The van der Waals surface area contributed by atoms with Gasteiger partial charge in [0.25, 0.3) is 0 Å². The molecule has 18 heavy (non-hydrogen) atoms. The maximum atomic E-state index is 11.7. The quantitative estimate of drug-likeness (QED) is 0.770. The van der Waals surface area contributed by atoms with Gasteiger partial charge >= 0.3 is 0 Å². The van der Waals surface area contributed by atoms with Gasteiger partial charge in [0.15, 0.2) is 0 Å². The van der Waals surface area contributed by atoms with Crippen LogP contribution in [0.25, 0.3) is 0 Å². The number of rotatable bonds is 6. The fourth-order valence-electron chi connectivity index (χ4n) is 2.35. The second kappa shape index (κ2) is 7.97. The van der Waals surface area contributed by atoms with Crippen LogP contribution in [0, 0.1) is 11.8 Å². The van der Waals surface area contributed by atoms with Crippen LogP contribution < -0.4 is 10.6 Å². The summed E-state index contributed by atoms with van der Waals surface area (Å²) in [5, 5.41) is 6.31. The van der Waals surface area contributed by atoms with Crippen molar-refractivity contribution < 1.29 is 9.53 Å². The zero-order chi connectivity index (χ0) is 12.1. The van der Waals surface area contributed by atoms with E-state index >= 15 is 0 Å². The van der Waals surface area contributed by atoms with Gasteiger partial charge in [0.2, 0.25) is 5.91 Å². The fourth-order valence-corrected chi connectivity index (χ4v) is 2.35. The Labute approximate surface area is 116 Å². The second-order valence-electron chi connectivity index (χ2n) is 5.38. The van der Waals surface area contributed by atoms with Crippen molar-refractivity contribution in [2.45, 2.75) is 38.6 Å². The minimum atomic E-state index is 0. The number of carbonyl (C=O) groups excluding carboxylic acids is 1. The van der Waals surface area contributed by atoms with Crippen molar-refractivity contribution >= 4 is 18.3 Å². The van der Waals surface area contributed by atoms with Crippen LogP contribution in [0.3, 0.4) is 0 Å². The molecule has 2 aliphatic rings. The van der Waals surface area contributed by atoms with E-state index in [9.17, 15) is 4.79 Å². The van der Waals surface area contributed by atoms with E-state index in [1.54, 1.807) is 0 Å². The second-order valence-corrected chi connectivity index (χ2v) is 5.38. The van der Waals surface area contributed by atoms with Crippen LogP contribution in [0.4, 0.5) is 0 Å². The van der Waals surface area contributed by atoms with Crippen molar-refractivity contribution in [3.63, 3.8) is 0 Å². The van der Waals surface area contributed by atoms with Gasteiger partial charge in [-0.1, -0.05) is 0 Å². The molecule has 1 atom stereocenters. The van der Waals surface area contributed by atoms with Crippen molar-refractivity contribution in [2.75, 3.05) is 26.3 Å². The molecule has 0 bridgehead atoms. The highest BCUT2D eigenvalue weighted by Crippen LogP contribution is 2.27. The third kappa shape index (κ3) is 5.55. The molecule has 0 aromatic heterocycles. The lowest BCUT2D eigenvalue weighted by molar-refractivity contribution is -0.121. The van der Waals surface area contributed by atoms with E-state index in [0.717, 1.165) is 38.5 Å². The normalized spacial score (nSPS) is 22.1. The minimum Gasteiger partial charge on any atom is -0.381 e. The highest BCUT2D eigenvalue weighted by Gasteiger charge is 2.23. The van der Waals surface area contributed by atoms with Crippen molar-refractivity contribution in [3.8, 4) is 0 Å². The Hall–Kier alpha value is -0.320. The van der Waals surface area contributed by atoms with Crippen LogP contribution in [-0.4, -0.2) is 38.3 Å². The molecular weight excluding hydrogens is 252 g/mol. The summed E-state index contributed by atoms with van der Waals surface area (Å²) in [6.07, 6.45) is 4.79. The van der Waals surface area contributed by atoms with Gasteiger partial charge in [0, 0.05) is 19.3 Å². The van der Waals surface area contributed by atoms with Crippen LogP contribution in [0.1, 0.15) is 32.6 Å². The van der Waals surface area contributed by atoms with Crippen LogP contribution >= 0.6 is 12.4 Å². The molecule has 0 spiro atoms. The summed E-state index contributed by atoms with van der Waals surface area (Å²) >= 11 is 0. The first-order chi connectivity index (χ1) is 8.25. The molecular formula is C13H25ClN2O2. The molecule has 0 aromatic rings. The summed E-state index contributed by atoms with van der Waals surface area (Å²) < 4.78 is 5.33. The molecule has 1 heterocycles. The summed E-state index contributed by atoms with van der Waals surface area (Å²) in [5.41, 5.74) is 0. The Morgan fingerprint density at radius 3 is 2.56 bits per heavy atom. The van der Waals surface area contributed by atoms with Crippen LogP contribution in [0.2, 0.25) is 0 Å². The molecule has 1 unspecified atom stereocenters. The Morgan fingerprint density at radius 2 is 1.94 bits per heavy atom. The van der Waals surface area contributed by atoms with Gasteiger partial charge in [-0.25, -0.2) is 0 Å². The first-order valence-electron chi connectivity index (χ1n) is 6.83. The van der Waals surface area contributed by atoms with Gasteiger partial charge in [0.05, 0.1) is 6.54 Å². The van der Waals surface area contributed by atoms with Gasteiger partial charge in [-0.15, -0.1) is 12.4 Å². The van der Waals surface area contributed by atoms with E-state index in [1.807, 2.05) is 0 Å². The Bertz CT molecular complexity index is 253. The first-order valence-corrected chi connectivity index (χ1v) is 6.83. The van der Waals surface area contributed by atoms with E-state index in [2.05, 4.69) is 17.6 Å². The number of halogens is 1. The number of amides is 1. The van der Waals surface area contributed by atoms with Gasteiger partial charge in [-0.2, -0.15) is 0 Å². The van der Waals surface area contributed by atoms with Crippen LogP contribution in [0.5, 0.6) is 0 Å². The van der Waals surface area contributed by atoms with Crippen molar-refractivity contribution in [2.24, 2.45) is 11.8 Å². The summed E-state index contributed by atoms with van der Waals surface area (Å²) in [7, 11) is 0. The lowest BCUT2D eigenvalue weighted by Crippen LogP contribution is -2.44. The van der Waals surface area contributed by atoms with Gasteiger partial charge in [0.1, 0.15) is 0 Å². The highest BCUT2D eigenvalue weighted by molar-refractivity contribution is 5.85. The smallest absolute Gasteiger partial charge is 0.234 e. The SMILES string of the molecule is CC(NC(=O)CNCC1CC1)C1CCOCC1.Cl. The standard InChI is InChI=1S/C13H24N2O2.ClH/c1-10(12-4-6-17-7-5-12)15-13(16)9-14-8-11-2-3-11;/h10-12,14H,2-9H2,1H3,(H,15,16);1H. The Morgan fingerprint density at radius 1 is 1.28 bits per heavy atom. The molecule has 5 heteroatoms. The van der Waals surface area contributed by atoms with Crippen molar-refractivity contribution in [3.05, 3.63) is 0 Å². The molecule has 1 saturated heterocycles. The number of hydrogen-bond acceptors (Lipinski definition) is 3. The minimum absolute atomic E-state index is 0. The number of carbonyl (C=O) groups is 1. The van der Waals surface area contributed by atoms with Crippen LogP contribution in [-0.2, 0) is 9.53 Å². The van der Waals surface area contributed by atoms with Gasteiger partial charge in [-0.3, -0.25) is 4.79 Å². The molecule has 4 nitrogen and oxygen atoms in total. The number of ether oxygens (including phenoxy) is 1. The molecule has 0 radical (unpaired) electrons. The third-order valence-corrected chi connectivity index (χ3v) is 3.78. The topological polar surface area (TPSA) is 50.4 Å². The fraction of sp³-hybridized carbons (Fsp3) is 0.923. The van der Waals surface area contributed by atoms with Crippen molar-refractivity contribution in [1.29, 1.82) is 0 Å². The molecule has 2 N–H and O–H groups in total. The highest BCUT2D eigenvalue weighted by atomic mass is 35.5. The van der Waals surface area contributed by atoms with Crippen molar-refractivity contribution in [1.82, 2.24) is 10.6 Å². The molecule has 106 valence electrons. The molecule has 2 fully saturated rings. The summed E-state index contributed by atoms with van der Waals surface area (Å²) in [6.45, 7) is 5.24. The molecule has 2 rings (SSSR count). The lowest BCUT2D eigenvalue weighted by atomic mass is 9.93. The van der Waals surface area contributed by atoms with Gasteiger partial charge < -0.3 is 15.4 Å². The predicted octanol–water partition coefficient (Wildman–Crippen LogP) is 1.34. The van der Waals surface area contributed by atoms with E-state index < -0.39 is 0 Å². The molecule has 1 amide bonds. The summed E-state index contributed by atoms with van der Waals surface area (Å²) in [5.74, 6) is 1.54. The van der Waals surface area contributed by atoms with Gasteiger partial charge in [-0.05, 0) is 51.0 Å². The predicted molar refractivity (Wildman–Crippen MR) is 74.0 cm³/mol. The zero-order valence-corrected chi connectivity index (χ0v) is 11.9. The zero-order valence-electron chi connectivity index (χ0n) is 11.1. The van der Waals surface area contributed by atoms with E-state index in [1.165, 1.54) is 12.8 Å². The molecule has 1 aliphatic heterocycles. The lowest BCUT2D eigenvalue weighted by Gasteiger charge is -2.28. The third-order valence-electron chi connectivity index (χ3n) is 3.78. The van der Waals surface area contributed by atoms with E-state index in [0.29, 0.717) is 12.5 Å². The monoisotopic (exact) mass is 276 g/mol. The largest absolute Gasteiger partial charge is 0.381 e. The Balaban J connectivity index is 0.00000162. The Kier molecular flexibility index (Phi) is 6.97. The molecule has 0 aromatic carbocycles. The van der Waals surface area contributed by atoms with E-state index in [4.69, 9.17) is 4.74 Å². The summed E-state index contributed by atoms with van der Waals surface area (Å²) in [6, 6.07) is 0.272. The van der Waals surface area contributed by atoms with E-state index in [-0.39, 0.29) is 24.4 Å². The average Bonchev–Trinajstić information content (AvgIpc) is 3.14. The molecule has 1 aliphatic carbocycles.